The molecule has 0 fully saturated rings. The molecular formula is C16H15Cl2NO2. The Kier molecular flexibility index (Phi) is 4.76. The zero-order valence-electron chi connectivity index (χ0n) is 11.7. The Labute approximate surface area is 133 Å². The third-order valence-corrected chi connectivity index (χ3v) is 3.79. The summed E-state index contributed by atoms with van der Waals surface area (Å²) in [6.45, 7) is 4.11. The van der Waals surface area contributed by atoms with Crippen molar-refractivity contribution in [2.24, 2.45) is 0 Å². The monoisotopic (exact) mass is 323 g/mol. The van der Waals surface area contributed by atoms with Gasteiger partial charge in [-0.1, -0.05) is 35.3 Å². The fourth-order valence-corrected chi connectivity index (χ4v) is 2.47. The number of carbonyl (C=O) groups is 1. The first-order valence-corrected chi connectivity index (χ1v) is 7.23. The van der Waals surface area contributed by atoms with Crippen LogP contribution in [0.25, 0.3) is 0 Å². The predicted molar refractivity (Wildman–Crippen MR) is 86.7 cm³/mol. The molecule has 3 nitrogen and oxygen atoms in total. The Morgan fingerprint density at radius 3 is 2.57 bits per heavy atom. The number of ether oxygens (including phenoxy) is 1. The first kappa shape index (κ1) is 15.7. The van der Waals surface area contributed by atoms with Crippen LogP contribution in [0.3, 0.4) is 0 Å². The van der Waals surface area contributed by atoms with Gasteiger partial charge >= 0.3 is 0 Å². The molecule has 0 aromatic heterocycles. The summed E-state index contributed by atoms with van der Waals surface area (Å²) >= 11 is 12.3. The topological polar surface area (TPSA) is 52.3 Å². The van der Waals surface area contributed by atoms with Gasteiger partial charge in [-0.2, -0.15) is 0 Å². The number of nitrogens with two attached hydrogens (primary N) is 1. The molecule has 21 heavy (non-hydrogen) atoms. The van der Waals surface area contributed by atoms with E-state index in [1.165, 1.54) is 6.07 Å². The van der Waals surface area contributed by atoms with Crippen molar-refractivity contribution in [3.8, 4) is 5.75 Å². The third kappa shape index (κ3) is 3.14. The van der Waals surface area contributed by atoms with Gasteiger partial charge in [0.15, 0.2) is 5.78 Å². The highest BCUT2D eigenvalue weighted by Crippen LogP contribution is 2.33. The normalized spacial score (nSPS) is 10.5. The van der Waals surface area contributed by atoms with Crippen molar-refractivity contribution >= 4 is 34.7 Å². The quantitative estimate of drug-likeness (QED) is 0.665. The average Bonchev–Trinajstić information content (AvgIpc) is 2.45. The van der Waals surface area contributed by atoms with Gasteiger partial charge in [-0.3, -0.25) is 4.79 Å². The van der Waals surface area contributed by atoms with Crippen LogP contribution in [0, 0.1) is 6.92 Å². The van der Waals surface area contributed by atoms with Crippen molar-refractivity contribution in [2.45, 2.75) is 13.8 Å². The molecule has 0 saturated heterocycles. The van der Waals surface area contributed by atoms with E-state index in [9.17, 15) is 4.79 Å². The molecule has 0 aliphatic heterocycles. The minimum Gasteiger partial charge on any atom is -0.492 e. The van der Waals surface area contributed by atoms with Crippen LogP contribution >= 0.6 is 23.2 Å². The van der Waals surface area contributed by atoms with E-state index in [1.807, 2.05) is 6.92 Å². The molecule has 0 spiro atoms. The lowest BCUT2D eigenvalue weighted by Crippen LogP contribution is -2.07. The molecule has 0 unspecified atom stereocenters. The standard InChI is InChI=1S/C16H15Cl2NO2/c1-3-21-15-8-12(17)11(7-13(15)18)16(20)10-5-4-6-14(19)9(10)2/h4-8H,3,19H2,1-2H3. The Hall–Kier alpha value is -1.71. The van der Waals surface area contributed by atoms with E-state index in [1.54, 1.807) is 31.2 Å². The maximum atomic E-state index is 12.6. The van der Waals surface area contributed by atoms with Gasteiger partial charge in [-0.15, -0.1) is 0 Å². The smallest absolute Gasteiger partial charge is 0.194 e. The van der Waals surface area contributed by atoms with Gasteiger partial charge in [0.05, 0.1) is 16.7 Å². The van der Waals surface area contributed by atoms with Gasteiger partial charge in [0.25, 0.3) is 0 Å². The highest BCUT2D eigenvalue weighted by molar-refractivity contribution is 6.37. The fraction of sp³-hybridized carbons (Fsp3) is 0.188. The van der Waals surface area contributed by atoms with Gasteiger partial charge in [-0.25, -0.2) is 0 Å². The van der Waals surface area contributed by atoms with E-state index in [0.29, 0.717) is 39.2 Å². The number of carbonyl (C=O) groups excluding carboxylic acids is 1. The summed E-state index contributed by atoms with van der Waals surface area (Å²) in [5.74, 6) is 0.250. The molecule has 2 N–H and O–H groups in total. The zero-order chi connectivity index (χ0) is 15.6. The summed E-state index contributed by atoms with van der Waals surface area (Å²) in [5.41, 5.74) is 7.97. The second-order valence-electron chi connectivity index (χ2n) is 4.54. The number of ketones is 1. The minimum absolute atomic E-state index is 0.213. The molecule has 0 saturated carbocycles. The Morgan fingerprint density at radius 1 is 1.19 bits per heavy atom. The second-order valence-corrected chi connectivity index (χ2v) is 5.36. The van der Waals surface area contributed by atoms with E-state index in [2.05, 4.69) is 0 Å². The van der Waals surface area contributed by atoms with Gasteiger partial charge < -0.3 is 10.5 Å². The third-order valence-electron chi connectivity index (χ3n) is 3.19. The number of benzene rings is 2. The number of anilines is 1. The van der Waals surface area contributed by atoms with Crippen molar-refractivity contribution in [3.63, 3.8) is 0 Å². The van der Waals surface area contributed by atoms with Crippen LogP contribution < -0.4 is 10.5 Å². The SMILES string of the molecule is CCOc1cc(Cl)c(C(=O)c2cccc(N)c2C)cc1Cl. The first-order valence-electron chi connectivity index (χ1n) is 6.47. The van der Waals surface area contributed by atoms with Crippen LogP contribution in [0.5, 0.6) is 5.75 Å². The number of hydrogen-bond acceptors (Lipinski definition) is 3. The summed E-state index contributed by atoms with van der Waals surface area (Å²) in [6.07, 6.45) is 0. The molecule has 5 heteroatoms. The molecule has 2 aromatic carbocycles. The molecule has 0 aliphatic carbocycles. The summed E-state index contributed by atoms with van der Waals surface area (Å²) in [5, 5.41) is 0.654. The summed E-state index contributed by atoms with van der Waals surface area (Å²) in [7, 11) is 0. The molecule has 0 atom stereocenters. The van der Waals surface area contributed by atoms with E-state index < -0.39 is 0 Å². The molecular weight excluding hydrogens is 309 g/mol. The van der Waals surface area contributed by atoms with Gasteiger partial charge in [0.2, 0.25) is 0 Å². The largest absolute Gasteiger partial charge is 0.492 e. The molecule has 0 radical (unpaired) electrons. The summed E-state index contributed by atoms with van der Waals surface area (Å²) in [4.78, 5) is 12.6. The lowest BCUT2D eigenvalue weighted by atomic mass is 9.98. The van der Waals surface area contributed by atoms with E-state index >= 15 is 0 Å². The van der Waals surface area contributed by atoms with Gasteiger partial charge in [-0.05, 0) is 31.5 Å². The van der Waals surface area contributed by atoms with Crippen LogP contribution in [-0.4, -0.2) is 12.4 Å². The number of hydrogen-bond donors (Lipinski definition) is 1. The molecule has 0 amide bonds. The van der Waals surface area contributed by atoms with Crippen molar-refractivity contribution in [3.05, 3.63) is 57.1 Å². The van der Waals surface area contributed by atoms with Gasteiger partial charge in [0, 0.05) is 22.9 Å². The first-order chi connectivity index (χ1) is 9.95. The highest BCUT2D eigenvalue weighted by Gasteiger charge is 2.18. The Bertz CT molecular complexity index is 699. The number of nitrogen functional groups attached to an aromatic ring is 1. The molecule has 2 rings (SSSR count). The summed E-state index contributed by atoms with van der Waals surface area (Å²) in [6, 6.07) is 8.29. The van der Waals surface area contributed by atoms with Crippen molar-refractivity contribution in [1.82, 2.24) is 0 Å². The highest BCUT2D eigenvalue weighted by atomic mass is 35.5. The number of halogens is 2. The maximum absolute atomic E-state index is 12.6. The molecule has 2 aromatic rings. The average molecular weight is 324 g/mol. The van der Waals surface area contributed by atoms with Crippen LogP contribution in [0.4, 0.5) is 5.69 Å². The summed E-state index contributed by atoms with van der Waals surface area (Å²) < 4.78 is 5.35. The lowest BCUT2D eigenvalue weighted by molar-refractivity contribution is 0.103. The molecule has 0 bridgehead atoms. The van der Waals surface area contributed by atoms with E-state index in [4.69, 9.17) is 33.7 Å². The maximum Gasteiger partial charge on any atom is 0.194 e. The van der Waals surface area contributed by atoms with Crippen molar-refractivity contribution < 1.29 is 9.53 Å². The predicted octanol–water partition coefficient (Wildman–Crippen LogP) is 4.51. The molecule has 0 heterocycles. The van der Waals surface area contributed by atoms with E-state index in [-0.39, 0.29) is 5.78 Å². The van der Waals surface area contributed by atoms with Crippen LogP contribution in [0.15, 0.2) is 30.3 Å². The van der Waals surface area contributed by atoms with Crippen LogP contribution in [0.2, 0.25) is 10.0 Å². The Balaban J connectivity index is 2.49. The lowest BCUT2D eigenvalue weighted by Gasteiger charge is -2.11. The fourth-order valence-electron chi connectivity index (χ4n) is 2.01. The zero-order valence-corrected chi connectivity index (χ0v) is 13.3. The Morgan fingerprint density at radius 2 is 1.90 bits per heavy atom. The molecule has 0 aliphatic rings. The number of rotatable bonds is 4. The van der Waals surface area contributed by atoms with Crippen LogP contribution in [-0.2, 0) is 0 Å². The van der Waals surface area contributed by atoms with Crippen LogP contribution in [0.1, 0.15) is 28.4 Å². The van der Waals surface area contributed by atoms with E-state index in [0.717, 1.165) is 5.56 Å². The second kappa shape index (κ2) is 6.37. The van der Waals surface area contributed by atoms with Crippen molar-refractivity contribution in [2.75, 3.05) is 12.3 Å². The molecule has 110 valence electrons. The van der Waals surface area contributed by atoms with Gasteiger partial charge in [0.1, 0.15) is 5.75 Å². The van der Waals surface area contributed by atoms with Crippen molar-refractivity contribution in [1.29, 1.82) is 0 Å². The minimum atomic E-state index is -0.213.